The Morgan fingerprint density at radius 1 is 1.08 bits per heavy atom. The average molecular weight is 164 g/mol. The molecule has 0 aromatic carbocycles. The van der Waals surface area contributed by atoms with Gasteiger partial charge >= 0.3 is 0 Å². The standard InChI is InChI=1S/C11H21B/c1-9(2)12-7-10(3,4)11(5,6)8-12/h1,7-8H2,2-6H3. The molecule has 1 saturated heterocycles. The van der Waals surface area contributed by atoms with Crippen molar-refractivity contribution < 1.29 is 0 Å². The molecule has 0 unspecified atom stereocenters. The smallest absolute Gasteiger partial charge is 0.111 e. The van der Waals surface area contributed by atoms with Crippen LogP contribution < -0.4 is 0 Å². The Morgan fingerprint density at radius 2 is 1.42 bits per heavy atom. The van der Waals surface area contributed by atoms with Gasteiger partial charge in [0, 0.05) is 0 Å². The zero-order valence-corrected chi connectivity index (χ0v) is 9.20. The van der Waals surface area contributed by atoms with E-state index in [-0.39, 0.29) is 0 Å². The lowest BCUT2D eigenvalue weighted by Crippen LogP contribution is -2.24. The number of hydrogen-bond acceptors (Lipinski definition) is 0. The molecule has 0 N–H and O–H groups in total. The predicted octanol–water partition coefficient (Wildman–Crippen LogP) is 3.66. The molecule has 0 bridgehead atoms. The van der Waals surface area contributed by atoms with E-state index in [1.54, 1.807) is 0 Å². The van der Waals surface area contributed by atoms with Crippen LogP contribution in [0.4, 0.5) is 0 Å². The maximum atomic E-state index is 4.07. The minimum Gasteiger partial charge on any atom is -0.111 e. The SMILES string of the molecule is C=C(C)B1CC(C)(C)C(C)(C)C1. The van der Waals surface area contributed by atoms with Crippen molar-refractivity contribution in [3.05, 3.63) is 12.1 Å². The maximum absolute atomic E-state index is 4.07. The fourth-order valence-electron chi connectivity index (χ4n) is 2.21. The van der Waals surface area contributed by atoms with Crippen LogP contribution in [0.3, 0.4) is 0 Å². The highest BCUT2D eigenvalue weighted by Gasteiger charge is 2.47. The fraction of sp³-hybridized carbons (Fsp3) is 0.818. The molecule has 1 heteroatoms. The van der Waals surface area contributed by atoms with Crippen molar-refractivity contribution in [2.45, 2.75) is 47.3 Å². The second-order valence-electron chi connectivity index (χ2n) is 5.72. The van der Waals surface area contributed by atoms with Crippen LogP contribution in [-0.2, 0) is 0 Å². The second kappa shape index (κ2) is 2.65. The van der Waals surface area contributed by atoms with Gasteiger partial charge in [0.1, 0.15) is 0 Å². The first-order chi connectivity index (χ1) is 5.26. The van der Waals surface area contributed by atoms with Gasteiger partial charge in [-0.3, -0.25) is 0 Å². The van der Waals surface area contributed by atoms with Crippen molar-refractivity contribution in [3.8, 4) is 0 Å². The van der Waals surface area contributed by atoms with Gasteiger partial charge in [0.15, 0.2) is 6.71 Å². The Labute approximate surface area is 77.5 Å². The van der Waals surface area contributed by atoms with Crippen molar-refractivity contribution in [1.82, 2.24) is 0 Å². The van der Waals surface area contributed by atoms with Crippen LogP contribution in [0.1, 0.15) is 34.6 Å². The van der Waals surface area contributed by atoms with Crippen molar-refractivity contribution in [3.63, 3.8) is 0 Å². The van der Waals surface area contributed by atoms with E-state index in [0.717, 1.165) is 6.71 Å². The average Bonchev–Trinajstić information content (AvgIpc) is 2.03. The molecule has 1 aliphatic heterocycles. The molecule has 1 rings (SSSR count). The van der Waals surface area contributed by atoms with Gasteiger partial charge in [-0.25, -0.2) is 0 Å². The third kappa shape index (κ3) is 1.46. The number of rotatable bonds is 1. The van der Waals surface area contributed by atoms with Gasteiger partial charge in [0.25, 0.3) is 0 Å². The Balaban J connectivity index is 2.81. The second-order valence-corrected chi connectivity index (χ2v) is 5.72. The lowest BCUT2D eigenvalue weighted by molar-refractivity contribution is 0.177. The first-order valence-electron chi connectivity index (χ1n) is 4.92. The summed E-state index contributed by atoms with van der Waals surface area (Å²) in [5, 5.41) is 0. The van der Waals surface area contributed by atoms with E-state index < -0.39 is 0 Å². The summed E-state index contributed by atoms with van der Waals surface area (Å²) < 4.78 is 0. The Bertz CT molecular complexity index is 185. The van der Waals surface area contributed by atoms with Gasteiger partial charge in [-0.2, -0.15) is 0 Å². The largest absolute Gasteiger partial charge is 0.170 e. The summed E-state index contributed by atoms with van der Waals surface area (Å²) in [6.45, 7) is 16.5. The molecular formula is C11H21B. The molecule has 0 aliphatic carbocycles. The normalized spacial score (nSPS) is 25.9. The monoisotopic (exact) mass is 164 g/mol. The minimum atomic E-state index is 0.483. The fourth-order valence-corrected chi connectivity index (χ4v) is 2.21. The molecule has 0 nitrogen and oxygen atoms in total. The van der Waals surface area contributed by atoms with Crippen molar-refractivity contribution in [2.24, 2.45) is 10.8 Å². The summed E-state index contributed by atoms with van der Waals surface area (Å²) >= 11 is 0. The van der Waals surface area contributed by atoms with E-state index in [4.69, 9.17) is 0 Å². The van der Waals surface area contributed by atoms with Gasteiger partial charge < -0.3 is 0 Å². The van der Waals surface area contributed by atoms with Crippen molar-refractivity contribution in [1.29, 1.82) is 0 Å². The van der Waals surface area contributed by atoms with Crippen LogP contribution in [0.5, 0.6) is 0 Å². The molecule has 0 saturated carbocycles. The highest BCUT2D eigenvalue weighted by Crippen LogP contribution is 2.53. The summed E-state index contributed by atoms with van der Waals surface area (Å²) in [5.41, 5.74) is 2.33. The van der Waals surface area contributed by atoms with Gasteiger partial charge in [-0.15, -0.1) is 12.1 Å². The molecule has 0 atom stereocenters. The summed E-state index contributed by atoms with van der Waals surface area (Å²) in [6.07, 6.45) is 2.63. The molecule has 0 spiro atoms. The van der Waals surface area contributed by atoms with E-state index in [9.17, 15) is 0 Å². The lowest BCUT2D eigenvalue weighted by atomic mass is 9.42. The summed E-state index contributed by atoms with van der Waals surface area (Å²) in [4.78, 5) is 0. The zero-order chi connectivity index (χ0) is 9.57. The van der Waals surface area contributed by atoms with E-state index in [1.807, 2.05) is 0 Å². The maximum Gasteiger partial charge on any atom is 0.170 e. The zero-order valence-electron chi connectivity index (χ0n) is 9.20. The number of hydrogen-bond donors (Lipinski definition) is 0. The van der Waals surface area contributed by atoms with E-state index in [2.05, 4.69) is 41.2 Å². The first-order valence-corrected chi connectivity index (χ1v) is 4.92. The predicted molar refractivity (Wildman–Crippen MR) is 57.7 cm³/mol. The van der Waals surface area contributed by atoms with Crippen LogP contribution in [-0.4, -0.2) is 6.71 Å². The van der Waals surface area contributed by atoms with Gasteiger partial charge in [0.05, 0.1) is 0 Å². The molecule has 1 fully saturated rings. The molecule has 0 aromatic heterocycles. The molecule has 0 aromatic rings. The minimum absolute atomic E-state index is 0.483. The third-order valence-electron chi connectivity index (χ3n) is 4.04. The highest BCUT2D eigenvalue weighted by atomic mass is 14.4. The molecular weight excluding hydrogens is 143 g/mol. The Kier molecular flexibility index (Phi) is 2.18. The molecule has 1 aliphatic rings. The quantitative estimate of drug-likeness (QED) is 0.518. The highest BCUT2D eigenvalue weighted by molar-refractivity contribution is 6.67. The number of allylic oxidation sites excluding steroid dienone is 1. The van der Waals surface area contributed by atoms with Crippen molar-refractivity contribution >= 4 is 6.71 Å². The van der Waals surface area contributed by atoms with Gasteiger partial charge in [-0.1, -0.05) is 47.3 Å². The summed E-state index contributed by atoms with van der Waals surface area (Å²) in [5.74, 6) is 0. The van der Waals surface area contributed by atoms with E-state index in [0.29, 0.717) is 10.8 Å². The van der Waals surface area contributed by atoms with Crippen LogP contribution in [0.2, 0.25) is 12.6 Å². The van der Waals surface area contributed by atoms with Crippen LogP contribution in [0.15, 0.2) is 12.1 Å². The summed E-state index contributed by atoms with van der Waals surface area (Å²) in [6, 6.07) is 0. The van der Waals surface area contributed by atoms with Crippen LogP contribution in [0, 0.1) is 10.8 Å². The Morgan fingerprint density at radius 3 is 1.58 bits per heavy atom. The molecule has 12 heavy (non-hydrogen) atoms. The molecule has 1 heterocycles. The van der Waals surface area contributed by atoms with E-state index in [1.165, 1.54) is 18.1 Å². The van der Waals surface area contributed by atoms with Crippen LogP contribution >= 0.6 is 0 Å². The van der Waals surface area contributed by atoms with Gasteiger partial charge in [-0.05, 0) is 10.8 Å². The lowest BCUT2D eigenvalue weighted by Gasteiger charge is -2.35. The molecule has 0 amide bonds. The van der Waals surface area contributed by atoms with E-state index >= 15 is 0 Å². The topological polar surface area (TPSA) is 0 Å². The van der Waals surface area contributed by atoms with Crippen molar-refractivity contribution in [2.75, 3.05) is 0 Å². The summed E-state index contributed by atoms with van der Waals surface area (Å²) in [7, 11) is 0. The Hall–Kier alpha value is -0.195. The first kappa shape index (κ1) is 9.89. The van der Waals surface area contributed by atoms with Gasteiger partial charge in [0.2, 0.25) is 0 Å². The third-order valence-corrected chi connectivity index (χ3v) is 4.04. The molecule has 0 radical (unpaired) electrons. The van der Waals surface area contributed by atoms with Crippen LogP contribution in [0.25, 0.3) is 0 Å². The molecule has 68 valence electrons.